The van der Waals surface area contributed by atoms with E-state index in [-0.39, 0.29) is 31.1 Å². The maximum absolute atomic E-state index is 12.7. The number of hydrogen-bond donors (Lipinski definition) is 0. The Labute approximate surface area is 375 Å². The maximum atomic E-state index is 12.7. The molecule has 0 aromatic carbocycles. The molecule has 0 aromatic rings. The Hall–Kier alpha value is -3.67. The smallest absolute Gasteiger partial charge is 0.306 e. The molecule has 0 aliphatic rings. The highest BCUT2D eigenvalue weighted by Crippen LogP contribution is 2.12. The van der Waals surface area contributed by atoms with E-state index in [1.807, 2.05) is 0 Å². The lowest BCUT2D eigenvalue weighted by Gasteiger charge is -2.18. The lowest BCUT2D eigenvalue weighted by atomic mass is 10.1. The van der Waals surface area contributed by atoms with E-state index in [4.69, 9.17) is 14.2 Å². The fourth-order valence-corrected chi connectivity index (χ4v) is 6.30. The maximum Gasteiger partial charge on any atom is 0.306 e. The van der Waals surface area contributed by atoms with E-state index in [0.29, 0.717) is 19.3 Å². The van der Waals surface area contributed by atoms with Gasteiger partial charge >= 0.3 is 17.9 Å². The molecule has 0 heterocycles. The zero-order valence-electron chi connectivity index (χ0n) is 39.4. The summed E-state index contributed by atoms with van der Waals surface area (Å²) in [5, 5.41) is 0. The first-order chi connectivity index (χ1) is 30.0. The first-order valence-electron chi connectivity index (χ1n) is 24.7. The van der Waals surface area contributed by atoms with Crippen LogP contribution in [0.3, 0.4) is 0 Å². The summed E-state index contributed by atoms with van der Waals surface area (Å²) in [6.45, 7) is 6.37. The molecule has 0 amide bonds. The molecule has 0 radical (unpaired) electrons. The summed E-state index contributed by atoms with van der Waals surface area (Å²) in [7, 11) is 0. The third-order valence-corrected chi connectivity index (χ3v) is 10.0. The van der Waals surface area contributed by atoms with Crippen LogP contribution in [0, 0.1) is 0 Å². The fraction of sp³-hybridized carbons (Fsp3) is 0.655. The minimum absolute atomic E-state index is 0.107. The van der Waals surface area contributed by atoms with Gasteiger partial charge < -0.3 is 14.2 Å². The van der Waals surface area contributed by atoms with Crippen molar-refractivity contribution in [1.29, 1.82) is 0 Å². The van der Waals surface area contributed by atoms with Crippen molar-refractivity contribution in [3.05, 3.63) is 97.2 Å². The molecule has 6 heteroatoms. The van der Waals surface area contributed by atoms with Gasteiger partial charge in [0, 0.05) is 19.3 Å². The van der Waals surface area contributed by atoms with E-state index in [1.54, 1.807) is 0 Å². The van der Waals surface area contributed by atoms with E-state index in [9.17, 15) is 14.4 Å². The second-order valence-electron chi connectivity index (χ2n) is 16.0. The Morgan fingerprint density at radius 2 is 0.656 bits per heavy atom. The van der Waals surface area contributed by atoms with Gasteiger partial charge in [0.05, 0.1) is 0 Å². The third-order valence-electron chi connectivity index (χ3n) is 10.0. The molecule has 6 nitrogen and oxygen atoms in total. The Bertz CT molecular complexity index is 1250. The monoisotopic (exact) mass is 847 g/mol. The van der Waals surface area contributed by atoms with Crippen LogP contribution in [-0.4, -0.2) is 37.2 Å². The van der Waals surface area contributed by atoms with Gasteiger partial charge in [0.1, 0.15) is 13.2 Å². The molecule has 0 fully saturated rings. The predicted octanol–water partition coefficient (Wildman–Crippen LogP) is 16.2. The van der Waals surface area contributed by atoms with Crippen molar-refractivity contribution in [2.24, 2.45) is 0 Å². The van der Waals surface area contributed by atoms with Crippen LogP contribution >= 0.6 is 0 Å². The molecule has 0 saturated heterocycles. The van der Waals surface area contributed by atoms with Crippen LogP contribution in [0.2, 0.25) is 0 Å². The number of carbonyl (C=O) groups excluding carboxylic acids is 3. The molecule has 61 heavy (non-hydrogen) atoms. The fourth-order valence-electron chi connectivity index (χ4n) is 6.30. The minimum atomic E-state index is -0.807. The Morgan fingerprint density at radius 1 is 0.344 bits per heavy atom. The Balaban J connectivity index is 4.49. The van der Waals surface area contributed by atoms with Gasteiger partial charge in [0.15, 0.2) is 6.10 Å². The number of hydrogen-bond acceptors (Lipinski definition) is 6. The molecular formula is C55H90O6. The summed E-state index contributed by atoms with van der Waals surface area (Å²) >= 11 is 0. The van der Waals surface area contributed by atoms with Gasteiger partial charge in [0.25, 0.3) is 0 Å². The van der Waals surface area contributed by atoms with Gasteiger partial charge in [0.2, 0.25) is 0 Å². The Morgan fingerprint density at radius 3 is 1.10 bits per heavy atom. The van der Waals surface area contributed by atoms with Crippen LogP contribution in [0.4, 0.5) is 0 Å². The number of carbonyl (C=O) groups is 3. The van der Waals surface area contributed by atoms with Gasteiger partial charge in [-0.05, 0) is 116 Å². The quantitative estimate of drug-likeness (QED) is 0.0263. The van der Waals surface area contributed by atoms with E-state index < -0.39 is 6.10 Å². The number of esters is 3. The normalized spacial score (nSPS) is 12.9. The summed E-state index contributed by atoms with van der Waals surface area (Å²) < 4.78 is 16.7. The van der Waals surface area contributed by atoms with E-state index >= 15 is 0 Å². The van der Waals surface area contributed by atoms with E-state index in [2.05, 4.69) is 118 Å². The van der Waals surface area contributed by atoms with Crippen molar-refractivity contribution >= 4 is 17.9 Å². The molecule has 0 aromatic heterocycles. The minimum Gasteiger partial charge on any atom is -0.462 e. The Kier molecular flexibility index (Phi) is 46.0. The average molecular weight is 847 g/mol. The van der Waals surface area contributed by atoms with Crippen molar-refractivity contribution in [3.63, 3.8) is 0 Å². The number of rotatable bonds is 43. The highest BCUT2D eigenvalue weighted by molar-refractivity contribution is 5.71. The van der Waals surface area contributed by atoms with Crippen molar-refractivity contribution in [2.75, 3.05) is 13.2 Å². The number of unbranched alkanes of at least 4 members (excludes halogenated alkanes) is 16. The van der Waals surface area contributed by atoms with Crippen molar-refractivity contribution in [1.82, 2.24) is 0 Å². The molecule has 0 N–H and O–H groups in total. The third kappa shape index (κ3) is 47.2. The van der Waals surface area contributed by atoms with E-state index in [0.717, 1.165) is 122 Å². The van der Waals surface area contributed by atoms with Crippen molar-refractivity contribution < 1.29 is 28.6 Å². The SMILES string of the molecule is CC/C=C\C/C=C\C/C=C\C/C=C\CCCCCCC(=O)OC[C@H](COC(=O)CCCC/C=C\C/C=C\C/C=C\CCCCC)OC(=O)CCCCCCC/C=C\CCCC. The largest absolute Gasteiger partial charge is 0.462 e. The van der Waals surface area contributed by atoms with Crippen LogP contribution in [0.5, 0.6) is 0 Å². The van der Waals surface area contributed by atoms with E-state index in [1.165, 1.54) is 51.4 Å². The second-order valence-corrected chi connectivity index (χ2v) is 16.0. The molecule has 0 spiro atoms. The second kappa shape index (κ2) is 49.0. The molecule has 0 aliphatic heterocycles. The van der Waals surface area contributed by atoms with Gasteiger partial charge in [-0.1, -0.05) is 176 Å². The van der Waals surface area contributed by atoms with Crippen LogP contribution < -0.4 is 0 Å². The summed E-state index contributed by atoms with van der Waals surface area (Å²) in [6.07, 6.45) is 63.9. The molecule has 0 rings (SSSR count). The molecule has 0 saturated carbocycles. The summed E-state index contributed by atoms with van der Waals surface area (Å²) in [5.41, 5.74) is 0. The van der Waals surface area contributed by atoms with Crippen molar-refractivity contribution in [3.8, 4) is 0 Å². The zero-order chi connectivity index (χ0) is 44.4. The summed E-state index contributed by atoms with van der Waals surface area (Å²) in [4.78, 5) is 37.9. The molecule has 346 valence electrons. The van der Waals surface area contributed by atoms with Crippen molar-refractivity contribution in [2.45, 2.75) is 219 Å². The lowest BCUT2D eigenvalue weighted by Crippen LogP contribution is -2.30. The predicted molar refractivity (Wildman–Crippen MR) is 260 cm³/mol. The van der Waals surface area contributed by atoms with Crippen LogP contribution in [0.1, 0.15) is 213 Å². The topological polar surface area (TPSA) is 78.9 Å². The average Bonchev–Trinajstić information content (AvgIpc) is 3.26. The summed E-state index contributed by atoms with van der Waals surface area (Å²) in [6, 6.07) is 0. The molecule has 0 unspecified atom stereocenters. The zero-order valence-corrected chi connectivity index (χ0v) is 39.4. The number of ether oxygens (including phenoxy) is 3. The molecule has 1 atom stereocenters. The molecular weight excluding hydrogens is 757 g/mol. The molecule has 0 aliphatic carbocycles. The van der Waals surface area contributed by atoms with Crippen LogP contribution in [-0.2, 0) is 28.6 Å². The molecule has 0 bridgehead atoms. The first kappa shape index (κ1) is 57.3. The van der Waals surface area contributed by atoms with Crippen LogP contribution in [0.25, 0.3) is 0 Å². The number of allylic oxidation sites excluding steroid dienone is 16. The van der Waals surface area contributed by atoms with Gasteiger partial charge in [-0.25, -0.2) is 0 Å². The standard InChI is InChI=1S/C55H90O6/c1-4-7-10-13-16-19-22-24-26-27-29-31-34-36-39-42-45-48-54(57)60-51-52(61-55(58)49-46-43-40-37-32-21-18-15-12-9-6-3)50-59-53(56)47-44-41-38-35-33-30-28-25-23-20-17-14-11-8-5-2/h7,10,15-20,24-26,28-29,31,33,35,52H,4-6,8-9,11-14,21-23,27,30,32,34,36-51H2,1-3H3/b10-7-,18-15-,19-16-,20-17-,26-24-,28-25-,31-29-,35-33-/t52-/m0/s1. The van der Waals surface area contributed by atoms with Gasteiger partial charge in [-0.2, -0.15) is 0 Å². The lowest BCUT2D eigenvalue weighted by molar-refractivity contribution is -0.167. The highest BCUT2D eigenvalue weighted by atomic mass is 16.6. The first-order valence-corrected chi connectivity index (χ1v) is 24.7. The van der Waals surface area contributed by atoms with Gasteiger partial charge in [-0.15, -0.1) is 0 Å². The highest BCUT2D eigenvalue weighted by Gasteiger charge is 2.19. The van der Waals surface area contributed by atoms with Gasteiger partial charge in [-0.3, -0.25) is 14.4 Å². The van der Waals surface area contributed by atoms with Crippen LogP contribution in [0.15, 0.2) is 97.2 Å². The summed E-state index contributed by atoms with van der Waals surface area (Å²) in [5.74, 6) is -0.984.